The van der Waals surface area contributed by atoms with Crippen LogP contribution in [-0.4, -0.2) is 53.3 Å². The maximum Gasteiger partial charge on any atom is 0.358 e. The molecule has 8 heteroatoms. The first kappa shape index (κ1) is 36.6. The van der Waals surface area contributed by atoms with Gasteiger partial charge >= 0.3 is 6.85 Å². The number of hydrazone groups is 1. The molecule has 0 amide bonds. The highest BCUT2D eigenvalue weighted by Crippen LogP contribution is 2.48. The second-order valence-corrected chi connectivity index (χ2v) is 15.1. The average molecular weight is 633 g/mol. The molecule has 0 radical (unpaired) electrons. The Labute approximate surface area is 265 Å². The molecule has 5 nitrogen and oxygen atoms in total. The fraction of sp³-hybridized carbons (Fsp3) is 0.618. The lowest BCUT2D eigenvalue weighted by Gasteiger charge is -2.28. The van der Waals surface area contributed by atoms with Gasteiger partial charge in [0.25, 0.3) is 5.34 Å². The summed E-state index contributed by atoms with van der Waals surface area (Å²) in [5, 5.41) is 4.05. The number of unbranched alkanes of at least 4 members (excludes halogenated alkanes) is 3. The van der Waals surface area contributed by atoms with Crippen LogP contribution in [-0.2, 0) is 18.2 Å². The number of rotatable bonds is 21. The van der Waals surface area contributed by atoms with Gasteiger partial charge < -0.3 is 14.4 Å². The number of nitrogens with zero attached hydrogens (tertiary/aromatic N) is 3. The first-order chi connectivity index (χ1) is 20.2. The Kier molecular flexibility index (Phi) is 16.5. The van der Waals surface area contributed by atoms with Crippen LogP contribution in [0.25, 0.3) is 0 Å². The van der Waals surface area contributed by atoms with Crippen molar-refractivity contribution in [1.82, 2.24) is 9.68 Å². The van der Waals surface area contributed by atoms with Gasteiger partial charge in [-0.25, -0.2) is 0 Å². The Morgan fingerprint density at radius 1 is 0.810 bits per heavy atom. The van der Waals surface area contributed by atoms with Gasteiger partial charge in [-0.1, -0.05) is 82.2 Å². The number of likely N-dealkylation sites (N-methyl/N-ethyl adjacent to an activating group) is 1. The van der Waals surface area contributed by atoms with E-state index in [1.807, 2.05) is 42.3 Å². The van der Waals surface area contributed by atoms with E-state index >= 15 is 0 Å². The summed E-state index contributed by atoms with van der Waals surface area (Å²) >= 11 is 6.10. The maximum atomic E-state index is 6.68. The van der Waals surface area contributed by atoms with Gasteiger partial charge in [-0.2, -0.15) is 0 Å². The van der Waals surface area contributed by atoms with Crippen LogP contribution >= 0.6 is 16.1 Å². The third-order valence-electron chi connectivity index (χ3n) is 8.21. The lowest BCUT2D eigenvalue weighted by atomic mass is 10.1. The van der Waals surface area contributed by atoms with Crippen molar-refractivity contribution in [2.45, 2.75) is 110 Å². The van der Waals surface area contributed by atoms with Gasteiger partial charge in [-0.05, 0) is 86.3 Å². The summed E-state index contributed by atoms with van der Waals surface area (Å²) in [6.07, 6.45) is 11.7. The molecule has 2 aromatic carbocycles. The number of hydrogen-bond acceptors (Lipinski definition) is 5. The SMILES string of the molecule is CCCCCCN(CC)CCc1ccc(OC(CC)(CC)[P+](=S)N(C)N=Cc2ccc(OC(P)(CC)CC)cc2)cc1. The van der Waals surface area contributed by atoms with Crippen molar-refractivity contribution in [3.05, 3.63) is 59.7 Å². The van der Waals surface area contributed by atoms with Gasteiger partial charge in [0.05, 0.1) is 13.3 Å². The first-order valence-corrected chi connectivity index (χ1v) is 18.9. The van der Waals surface area contributed by atoms with E-state index in [-0.39, 0.29) is 5.34 Å². The molecule has 0 spiro atoms. The molecule has 0 N–H and O–H groups in total. The Morgan fingerprint density at radius 2 is 1.40 bits per heavy atom. The molecule has 0 bridgehead atoms. The van der Waals surface area contributed by atoms with Gasteiger partial charge in [-0.3, -0.25) is 0 Å². The van der Waals surface area contributed by atoms with Crippen molar-refractivity contribution in [3.8, 4) is 11.5 Å². The minimum atomic E-state index is -1.11. The molecule has 42 heavy (non-hydrogen) atoms. The zero-order valence-corrected chi connectivity index (χ0v) is 30.1. The van der Waals surface area contributed by atoms with Crippen LogP contribution in [0.2, 0.25) is 0 Å². The molecule has 2 rings (SSSR count). The van der Waals surface area contributed by atoms with Crippen LogP contribution in [0.4, 0.5) is 0 Å². The van der Waals surface area contributed by atoms with Gasteiger partial charge in [0.2, 0.25) is 0 Å². The Balaban J connectivity index is 2.00. The van der Waals surface area contributed by atoms with E-state index in [1.165, 1.54) is 37.8 Å². The minimum Gasteiger partial charge on any atom is -0.484 e. The van der Waals surface area contributed by atoms with E-state index in [0.29, 0.717) is 0 Å². The van der Waals surface area contributed by atoms with E-state index in [4.69, 9.17) is 26.4 Å². The van der Waals surface area contributed by atoms with Crippen molar-refractivity contribution in [1.29, 1.82) is 0 Å². The average Bonchev–Trinajstić information content (AvgIpc) is 3.03. The largest absolute Gasteiger partial charge is 0.484 e. The molecule has 0 heterocycles. The quantitative estimate of drug-likeness (QED) is 0.0593. The second kappa shape index (κ2) is 18.9. The molecular weight excluding hydrogens is 576 g/mol. The summed E-state index contributed by atoms with van der Waals surface area (Å²) in [7, 11) is 4.81. The summed E-state index contributed by atoms with van der Waals surface area (Å²) in [4.78, 5) is 2.57. The number of ether oxygens (including phenoxy) is 2. The summed E-state index contributed by atoms with van der Waals surface area (Å²) in [6, 6.07) is 16.7. The highest BCUT2D eigenvalue weighted by Gasteiger charge is 2.48. The molecule has 0 aliphatic rings. The summed E-state index contributed by atoms with van der Waals surface area (Å²) in [5.41, 5.74) is 2.35. The second-order valence-electron chi connectivity index (χ2n) is 11.1. The van der Waals surface area contributed by atoms with Crippen LogP contribution in [0.5, 0.6) is 11.5 Å². The van der Waals surface area contributed by atoms with Crippen molar-refractivity contribution < 1.29 is 9.47 Å². The zero-order chi connectivity index (χ0) is 31.0. The number of benzene rings is 2. The lowest BCUT2D eigenvalue weighted by molar-refractivity contribution is 0.146. The summed E-state index contributed by atoms with van der Waals surface area (Å²) in [5.74, 6) is 1.74. The fourth-order valence-corrected chi connectivity index (χ4v) is 7.38. The van der Waals surface area contributed by atoms with E-state index in [1.54, 1.807) is 0 Å². The van der Waals surface area contributed by atoms with E-state index in [9.17, 15) is 0 Å². The van der Waals surface area contributed by atoms with Crippen molar-refractivity contribution in [3.63, 3.8) is 0 Å². The molecule has 0 fully saturated rings. The number of hydrogen-bond donors (Lipinski definition) is 0. The van der Waals surface area contributed by atoms with E-state index < -0.39 is 12.2 Å². The van der Waals surface area contributed by atoms with Crippen LogP contribution in [0.1, 0.15) is 104 Å². The van der Waals surface area contributed by atoms with Gasteiger partial charge in [0.15, 0.2) is 11.8 Å². The molecule has 0 aromatic heterocycles. The van der Waals surface area contributed by atoms with Crippen LogP contribution in [0.15, 0.2) is 53.6 Å². The molecule has 0 saturated heterocycles. The third kappa shape index (κ3) is 11.5. The Morgan fingerprint density at radius 3 is 1.95 bits per heavy atom. The standard InChI is InChI=1S/C34H56N3O2P2S/c1-8-14-15-16-26-37(13-6)27-25-29-17-21-32(22-18-29)39-34(11-4,12-5)41(42)36(7)35-28-30-19-23-31(24-20-30)38-33(40,9-2)10-3/h17-24,28H,8-16,25-27,40H2,1-7H3/q+1. The van der Waals surface area contributed by atoms with E-state index in [2.05, 4.69) is 79.9 Å². The molecule has 2 unspecified atom stereocenters. The molecule has 2 aromatic rings. The smallest absolute Gasteiger partial charge is 0.358 e. The third-order valence-corrected chi connectivity index (χ3v) is 12.9. The van der Waals surface area contributed by atoms with Crippen molar-refractivity contribution in [2.24, 2.45) is 5.10 Å². The minimum absolute atomic E-state index is 0.220. The predicted octanol–water partition coefficient (Wildman–Crippen LogP) is 9.62. The zero-order valence-electron chi connectivity index (χ0n) is 27.3. The van der Waals surface area contributed by atoms with Crippen molar-refractivity contribution >= 4 is 34.1 Å². The molecule has 0 aliphatic heterocycles. The molecular formula is C34H56N3O2P2S+. The maximum absolute atomic E-state index is 6.68. The molecule has 0 aliphatic carbocycles. The monoisotopic (exact) mass is 632 g/mol. The molecule has 234 valence electrons. The Hall–Kier alpha value is -1.58. The highest BCUT2D eigenvalue weighted by atomic mass is 32.4. The topological polar surface area (TPSA) is 37.3 Å². The predicted molar refractivity (Wildman–Crippen MR) is 190 cm³/mol. The van der Waals surface area contributed by atoms with Gasteiger partial charge in [0.1, 0.15) is 16.8 Å². The lowest BCUT2D eigenvalue weighted by Crippen LogP contribution is -2.33. The first-order valence-electron chi connectivity index (χ1n) is 16.0. The van der Waals surface area contributed by atoms with Gasteiger partial charge in [0, 0.05) is 19.4 Å². The van der Waals surface area contributed by atoms with Crippen LogP contribution < -0.4 is 9.47 Å². The normalized spacial score (nSPS) is 12.6. The Bertz CT molecular complexity index is 1070. The summed E-state index contributed by atoms with van der Waals surface area (Å²) in [6.45, 7) is 15.4. The fourth-order valence-electron chi connectivity index (χ4n) is 4.84. The van der Waals surface area contributed by atoms with Crippen LogP contribution in [0.3, 0.4) is 0 Å². The van der Waals surface area contributed by atoms with E-state index in [0.717, 1.165) is 62.3 Å². The molecule has 2 atom stereocenters. The van der Waals surface area contributed by atoms with Gasteiger partial charge in [-0.15, -0.1) is 9.88 Å². The summed E-state index contributed by atoms with van der Waals surface area (Å²) < 4.78 is 14.8. The van der Waals surface area contributed by atoms with Crippen molar-refractivity contribution in [2.75, 3.05) is 26.7 Å². The van der Waals surface area contributed by atoms with Crippen LogP contribution in [0, 0.1) is 0 Å². The molecule has 0 saturated carbocycles. The highest BCUT2D eigenvalue weighted by molar-refractivity contribution is 8.04.